The minimum atomic E-state index is -0.00384. The van der Waals surface area contributed by atoms with Crippen LogP contribution in [0.4, 0.5) is 5.00 Å². The van der Waals surface area contributed by atoms with Crippen LogP contribution in [0, 0.1) is 6.92 Å². The summed E-state index contributed by atoms with van der Waals surface area (Å²) in [4.78, 5) is 14.0. The third-order valence-corrected chi connectivity index (χ3v) is 3.95. The van der Waals surface area contributed by atoms with Gasteiger partial charge < -0.3 is 10.6 Å². The molecule has 1 heterocycles. The Balaban J connectivity index is 2.28. The summed E-state index contributed by atoms with van der Waals surface area (Å²) < 4.78 is 0. The lowest BCUT2D eigenvalue weighted by molar-refractivity contribution is 0.0993. The predicted octanol–water partition coefficient (Wildman–Crippen LogP) is 2.79. The summed E-state index contributed by atoms with van der Waals surface area (Å²) in [7, 11) is 1.80. The average molecular weight is 260 g/mol. The number of carbonyl (C=O) groups is 1. The van der Waals surface area contributed by atoms with Gasteiger partial charge in [0.25, 0.3) is 5.91 Å². The molecule has 0 bridgehead atoms. The second-order valence-corrected chi connectivity index (χ2v) is 5.07. The first kappa shape index (κ1) is 12.8. The van der Waals surface area contributed by atoms with Gasteiger partial charge in [-0.15, -0.1) is 11.3 Å². The number of thiophene rings is 1. The zero-order valence-corrected chi connectivity index (χ0v) is 11.3. The minimum absolute atomic E-state index is 0.00384. The van der Waals surface area contributed by atoms with Crippen LogP contribution in [-0.2, 0) is 6.54 Å². The highest BCUT2D eigenvalue weighted by atomic mass is 32.1. The van der Waals surface area contributed by atoms with Crippen LogP contribution in [0.5, 0.6) is 0 Å². The Bertz CT molecular complexity index is 562. The highest BCUT2D eigenvalue weighted by Gasteiger charge is 2.16. The fraction of sp³-hybridized carbons (Fsp3) is 0.214. The number of benzene rings is 1. The molecule has 1 amide bonds. The van der Waals surface area contributed by atoms with E-state index >= 15 is 0 Å². The van der Waals surface area contributed by atoms with E-state index in [2.05, 4.69) is 0 Å². The van der Waals surface area contributed by atoms with Crippen molar-refractivity contribution in [2.75, 3.05) is 11.9 Å². The number of nitrogens with zero attached hydrogens (tertiary/aromatic N) is 1. The number of nitrogens with two attached hydrogens (primary N) is 1. The lowest BCUT2D eigenvalue weighted by Gasteiger charge is -2.16. The monoisotopic (exact) mass is 260 g/mol. The Morgan fingerprint density at radius 3 is 2.78 bits per heavy atom. The van der Waals surface area contributed by atoms with Gasteiger partial charge in [-0.25, -0.2) is 0 Å². The molecular formula is C14H16N2OS. The van der Waals surface area contributed by atoms with Crippen LogP contribution in [0.15, 0.2) is 35.7 Å². The van der Waals surface area contributed by atoms with Crippen molar-refractivity contribution in [3.63, 3.8) is 0 Å². The van der Waals surface area contributed by atoms with E-state index in [9.17, 15) is 4.79 Å². The lowest BCUT2D eigenvalue weighted by Crippen LogP contribution is -2.26. The number of aryl methyl sites for hydroxylation is 1. The molecule has 0 saturated carbocycles. The summed E-state index contributed by atoms with van der Waals surface area (Å²) in [6, 6.07) is 9.47. The van der Waals surface area contributed by atoms with Gasteiger partial charge in [0.2, 0.25) is 0 Å². The van der Waals surface area contributed by atoms with Gasteiger partial charge in [-0.1, -0.05) is 12.1 Å². The van der Waals surface area contributed by atoms with Gasteiger partial charge in [0, 0.05) is 19.2 Å². The van der Waals surface area contributed by atoms with E-state index in [4.69, 9.17) is 5.73 Å². The van der Waals surface area contributed by atoms with E-state index in [0.717, 1.165) is 16.1 Å². The average Bonchev–Trinajstić information content (AvgIpc) is 2.83. The number of hydrogen-bond donors (Lipinski definition) is 1. The molecule has 0 radical (unpaired) electrons. The van der Waals surface area contributed by atoms with Crippen LogP contribution >= 0.6 is 11.3 Å². The van der Waals surface area contributed by atoms with Crippen LogP contribution in [-0.4, -0.2) is 13.0 Å². The van der Waals surface area contributed by atoms with Gasteiger partial charge >= 0.3 is 0 Å². The molecule has 0 aliphatic heterocycles. The smallest absolute Gasteiger partial charge is 0.258 e. The van der Waals surface area contributed by atoms with Gasteiger partial charge in [-0.2, -0.15) is 0 Å². The molecule has 0 spiro atoms. The first-order valence-electron chi connectivity index (χ1n) is 5.74. The maximum atomic E-state index is 12.4. The Morgan fingerprint density at radius 2 is 2.17 bits per heavy atom. The predicted molar refractivity (Wildman–Crippen MR) is 76.1 cm³/mol. The van der Waals surface area contributed by atoms with Crippen LogP contribution in [0.2, 0.25) is 0 Å². The SMILES string of the molecule is Cc1ccsc1N(C)C(=O)c1cccc(CN)c1. The summed E-state index contributed by atoms with van der Waals surface area (Å²) in [6.45, 7) is 2.45. The largest absolute Gasteiger partial charge is 0.326 e. The van der Waals surface area contributed by atoms with E-state index in [1.807, 2.05) is 42.6 Å². The first-order valence-corrected chi connectivity index (χ1v) is 6.62. The van der Waals surface area contributed by atoms with E-state index in [1.165, 1.54) is 0 Å². The summed E-state index contributed by atoms with van der Waals surface area (Å²) in [5.74, 6) is -0.00384. The van der Waals surface area contributed by atoms with Crippen molar-refractivity contribution < 1.29 is 4.79 Å². The summed E-state index contributed by atoms with van der Waals surface area (Å²) in [6.07, 6.45) is 0. The molecule has 94 valence electrons. The van der Waals surface area contributed by atoms with Gasteiger partial charge in [0.15, 0.2) is 0 Å². The van der Waals surface area contributed by atoms with Crippen molar-refractivity contribution in [1.82, 2.24) is 0 Å². The third-order valence-electron chi connectivity index (χ3n) is 2.85. The molecule has 2 aromatic rings. The van der Waals surface area contributed by atoms with E-state index in [-0.39, 0.29) is 5.91 Å². The van der Waals surface area contributed by atoms with Crippen molar-refractivity contribution in [1.29, 1.82) is 0 Å². The lowest BCUT2D eigenvalue weighted by atomic mass is 10.1. The van der Waals surface area contributed by atoms with E-state index in [0.29, 0.717) is 12.1 Å². The Hall–Kier alpha value is -1.65. The highest BCUT2D eigenvalue weighted by molar-refractivity contribution is 7.14. The second kappa shape index (κ2) is 5.33. The number of carbonyl (C=O) groups excluding carboxylic acids is 1. The van der Waals surface area contributed by atoms with Crippen molar-refractivity contribution in [3.8, 4) is 0 Å². The van der Waals surface area contributed by atoms with Gasteiger partial charge in [0.1, 0.15) is 5.00 Å². The van der Waals surface area contributed by atoms with Crippen molar-refractivity contribution >= 4 is 22.2 Å². The van der Waals surface area contributed by atoms with Crippen LogP contribution in [0.1, 0.15) is 21.5 Å². The van der Waals surface area contributed by atoms with Gasteiger partial charge in [-0.3, -0.25) is 4.79 Å². The number of amides is 1. The zero-order chi connectivity index (χ0) is 13.1. The summed E-state index contributed by atoms with van der Waals surface area (Å²) >= 11 is 1.57. The van der Waals surface area contributed by atoms with Crippen molar-refractivity contribution in [3.05, 3.63) is 52.4 Å². The summed E-state index contributed by atoms with van der Waals surface area (Å²) in [5, 5.41) is 2.98. The van der Waals surface area contributed by atoms with Gasteiger partial charge in [-0.05, 0) is 41.6 Å². The molecule has 0 fully saturated rings. The molecule has 18 heavy (non-hydrogen) atoms. The molecule has 1 aromatic heterocycles. The Morgan fingerprint density at radius 1 is 1.39 bits per heavy atom. The molecule has 0 aliphatic carbocycles. The second-order valence-electron chi connectivity index (χ2n) is 4.18. The number of hydrogen-bond acceptors (Lipinski definition) is 3. The maximum absolute atomic E-state index is 12.4. The van der Waals surface area contributed by atoms with Crippen LogP contribution in [0.3, 0.4) is 0 Å². The normalized spacial score (nSPS) is 10.4. The molecule has 3 nitrogen and oxygen atoms in total. The molecule has 0 saturated heterocycles. The zero-order valence-electron chi connectivity index (χ0n) is 10.5. The molecule has 1 aromatic carbocycles. The van der Waals surface area contributed by atoms with Gasteiger partial charge in [0.05, 0.1) is 0 Å². The summed E-state index contributed by atoms with van der Waals surface area (Å²) in [5.41, 5.74) is 8.35. The fourth-order valence-electron chi connectivity index (χ4n) is 1.83. The first-order chi connectivity index (χ1) is 8.63. The third kappa shape index (κ3) is 2.44. The molecular weight excluding hydrogens is 244 g/mol. The topological polar surface area (TPSA) is 46.3 Å². The number of anilines is 1. The minimum Gasteiger partial charge on any atom is -0.326 e. The van der Waals surface area contributed by atoms with E-state index < -0.39 is 0 Å². The maximum Gasteiger partial charge on any atom is 0.258 e. The Kier molecular flexibility index (Phi) is 3.79. The molecule has 0 atom stereocenters. The van der Waals surface area contributed by atoms with Crippen molar-refractivity contribution in [2.45, 2.75) is 13.5 Å². The fourth-order valence-corrected chi connectivity index (χ4v) is 2.72. The highest BCUT2D eigenvalue weighted by Crippen LogP contribution is 2.27. The molecule has 2 rings (SSSR count). The number of rotatable bonds is 3. The molecule has 4 heteroatoms. The van der Waals surface area contributed by atoms with Crippen LogP contribution in [0.25, 0.3) is 0 Å². The molecule has 2 N–H and O–H groups in total. The molecule has 0 aliphatic rings. The van der Waals surface area contributed by atoms with E-state index in [1.54, 1.807) is 23.3 Å². The quantitative estimate of drug-likeness (QED) is 0.922. The van der Waals surface area contributed by atoms with Crippen LogP contribution < -0.4 is 10.6 Å². The molecule has 0 unspecified atom stereocenters. The van der Waals surface area contributed by atoms with Crippen molar-refractivity contribution in [2.24, 2.45) is 5.73 Å². The standard InChI is InChI=1S/C14H16N2OS/c1-10-6-7-18-14(10)16(2)13(17)12-5-3-4-11(8-12)9-15/h3-8H,9,15H2,1-2H3. The Labute approximate surface area is 111 Å².